The van der Waals surface area contributed by atoms with Crippen molar-refractivity contribution in [3.63, 3.8) is 0 Å². The van der Waals surface area contributed by atoms with Crippen molar-refractivity contribution in [2.45, 2.75) is 32.4 Å². The van der Waals surface area contributed by atoms with Gasteiger partial charge in [-0.1, -0.05) is 6.92 Å². The highest BCUT2D eigenvalue weighted by Crippen LogP contribution is 2.09. The van der Waals surface area contributed by atoms with Crippen molar-refractivity contribution in [1.29, 1.82) is 0 Å². The molecule has 0 aromatic rings. The van der Waals surface area contributed by atoms with Crippen LogP contribution in [0.1, 0.15) is 20.3 Å². The van der Waals surface area contributed by atoms with Crippen LogP contribution in [0.25, 0.3) is 0 Å². The van der Waals surface area contributed by atoms with Gasteiger partial charge in [-0.2, -0.15) is 0 Å². The van der Waals surface area contributed by atoms with Crippen LogP contribution in [0, 0.1) is 5.92 Å². The van der Waals surface area contributed by atoms with E-state index in [9.17, 15) is 0 Å². The second kappa shape index (κ2) is 4.80. The Morgan fingerprint density at radius 2 is 2.42 bits per heavy atom. The maximum atomic E-state index is 9.09. The van der Waals surface area contributed by atoms with E-state index in [0.29, 0.717) is 12.0 Å². The van der Waals surface area contributed by atoms with E-state index in [4.69, 9.17) is 5.11 Å². The van der Waals surface area contributed by atoms with Crippen LogP contribution in [-0.4, -0.2) is 36.9 Å². The first kappa shape index (κ1) is 9.96. The minimum Gasteiger partial charge on any atom is -0.392 e. The van der Waals surface area contributed by atoms with E-state index in [-0.39, 0.29) is 6.10 Å². The fourth-order valence-corrected chi connectivity index (χ4v) is 1.64. The fraction of sp³-hybridized carbons (Fsp3) is 1.00. The highest BCUT2D eigenvalue weighted by atomic mass is 16.3. The lowest BCUT2D eigenvalue weighted by Gasteiger charge is -2.30. The quantitative estimate of drug-likeness (QED) is 0.559. The highest BCUT2D eigenvalue weighted by Gasteiger charge is 2.20. The van der Waals surface area contributed by atoms with Gasteiger partial charge in [0.2, 0.25) is 0 Å². The molecular formula is C9H20N2O. The molecule has 0 aliphatic carbocycles. The van der Waals surface area contributed by atoms with Gasteiger partial charge >= 0.3 is 0 Å². The second-order valence-electron chi connectivity index (χ2n) is 3.83. The van der Waals surface area contributed by atoms with Gasteiger partial charge in [0.15, 0.2) is 0 Å². The number of aliphatic hydroxyl groups excluding tert-OH is 1. The molecule has 1 rings (SSSR count). The van der Waals surface area contributed by atoms with E-state index in [1.807, 2.05) is 6.92 Å². The molecule has 0 aromatic heterocycles. The van der Waals surface area contributed by atoms with Crippen LogP contribution in [-0.2, 0) is 0 Å². The van der Waals surface area contributed by atoms with Gasteiger partial charge < -0.3 is 15.7 Å². The molecule has 3 N–H and O–H groups in total. The molecule has 0 saturated carbocycles. The van der Waals surface area contributed by atoms with Crippen molar-refractivity contribution in [1.82, 2.24) is 10.6 Å². The van der Waals surface area contributed by atoms with Crippen LogP contribution >= 0.6 is 0 Å². The monoisotopic (exact) mass is 172 g/mol. The summed E-state index contributed by atoms with van der Waals surface area (Å²) in [4.78, 5) is 0. The van der Waals surface area contributed by atoms with Gasteiger partial charge in [-0.3, -0.25) is 0 Å². The van der Waals surface area contributed by atoms with E-state index >= 15 is 0 Å². The van der Waals surface area contributed by atoms with Gasteiger partial charge in [0.05, 0.1) is 6.10 Å². The summed E-state index contributed by atoms with van der Waals surface area (Å²) in [6.07, 6.45) is 0.945. The Balaban J connectivity index is 2.20. The topological polar surface area (TPSA) is 44.3 Å². The first-order chi connectivity index (χ1) is 5.70. The summed E-state index contributed by atoms with van der Waals surface area (Å²) in [7, 11) is 0. The zero-order valence-electron chi connectivity index (χ0n) is 8.01. The lowest BCUT2D eigenvalue weighted by atomic mass is 9.95. The first-order valence-electron chi connectivity index (χ1n) is 4.82. The van der Waals surface area contributed by atoms with Crippen LogP contribution < -0.4 is 10.6 Å². The molecule has 1 fully saturated rings. The molecule has 3 atom stereocenters. The van der Waals surface area contributed by atoms with E-state index in [1.54, 1.807) is 0 Å². The molecule has 3 unspecified atom stereocenters. The Morgan fingerprint density at radius 3 is 3.00 bits per heavy atom. The van der Waals surface area contributed by atoms with Crippen molar-refractivity contribution < 1.29 is 5.11 Å². The molecule has 0 amide bonds. The predicted octanol–water partition coefficient (Wildman–Crippen LogP) is -0.0452. The number of hydrogen-bond donors (Lipinski definition) is 3. The third-order valence-corrected chi connectivity index (χ3v) is 2.46. The Labute approximate surface area is 74.5 Å². The Bertz CT molecular complexity index is 128. The molecule has 1 aliphatic rings. The molecule has 1 saturated heterocycles. The van der Waals surface area contributed by atoms with Crippen LogP contribution in [0.2, 0.25) is 0 Å². The first-order valence-corrected chi connectivity index (χ1v) is 4.82. The molecular weight excluding hydrogens is 152 g/mol. The molecule has 0 bridgehead atoms. The van der Waals surface area contributed by atoms with E-state index in [1.165, 1.54) is 6.42 Å². The average Bonchev–Trinajstić information content (AvgIpc) is 2.03. The predicted molar refractivity (Wildman–Crippen MR) is 50.1 cm³/mol. The molecule has 3 nitrogen and oxygen atoms in total. The van der Waals surface area contributed by atoms with Crippen LogP contribution in [0.3, 0.4) is 0 Å². The summed E-state index contributed by atoms with van der Waals surface area (Å²) in [5.41, 5.74) is 0. The zero-order chi connectivity index (χ0) is 8.97. The van der Waals surface area contributed by atoms with Crippen molar-refractivity contribution in [2.24, 2.45) is 5.92 Å². The number of hydrogen-bond acceptors (Lipinski definition) is 3. The minimum absolute atomic E-state index is 0.230. The fourth-order valence-electron chi connectivity index (χ4n) is 1.64. The molecule has 0 spiro atoms. The summed E-state index contributed by atoms with van der Waals surface area (Å²) in [6.45, 7) is 6.97. The maximum Gasteiger partial charge on any atom is 0.0636 e. The summed E-state index contributed by atoms with van der Waals surface area (Å²) < 4.78 is 0. The maximum absolute atomic E-state index is 9.09. The molecule has 1 aliphatic heterocycles. The van der Waals surface area contributed by atoms with Crippen LogP contribution in [0.15, 0.2) is 0 Å². The van der Waals surface area contributed by atoms with Crippen LogP contribution in [0.5, 0.6) is 0 Å². The molecule has 72 valence electrons. The molecule has 0 aromatic carbocycles. The molecule has 3 heteroatoms. The zero-order valence-corrected chi connectivity index (χ0v) is 8.01. The summed E-state index contributed by atoms with van der Waals surface area (Å²) in [6, 6.07) is 0.584. The molecule has 0 radical (unpaired) electrons. The molecule has 12 heavy (non-hydrogen) atoms. The average molecular weight is 172 g/mol. The van der Waals surface area contributed by atoms with Gasteiger partial charge in [0.25, 0.3) is 0 Å². The number of piperidine rings is 1. The summed E-state index contributed by atoms with van der Waals surface area (Å²) in [5.74, 6) is 0.678. The standard InChI is InChI=1S/C9H20N2O/c1-7-5-10-4-3-9(7)11-6-8(2)12/h7-12H,3-6H2,1-2H3. The number of rotatable bonds is 3. The van der Waals surface area contributed by atoms with Gasteiger partial charge in [0, 0.05) is 12.6 Å². The lowest BCUT2D eigenvalue weighted by molar-refractivity contribution is 0.174. The van der Waals surface area contributed by atoms with E-state index in [2.05, 4.69) is 17.6 Å². The third-order valence-electron chi connectivity index (χ3n) is 2.46. The molecule has 1 heterocycles. The van der Waals surface area contributed by atoms with Gasteiger partial charge in [-0.15, -0.1) is 0 Å². The van der Waals surface area contributed by atoms with Crippen molar-refractivity contribution in [3.05, 3.63) is 0 Å². The van der Waals surface area contributed by atoms with Gasteiger partial charge in [-0.05, 0) is 32.4 Å². The Morgan fingerprint density at radius 1 is 1.67 bits per heavy atom. The third kappa shape index (κ3) is 3.09. The van der Waals surface area contributed by atoms with Crippen LogP contribution in [0.4, 0.5) is 0 Å². The highest BCUT2D eigenvalue weighted by molar-refractivity contribution is 4.80. The normalized spacial score (nSPS) is 33.2. The smallest absolute Gasteiger partial charge is 0.0636 e. The summed E-state index contributed by atoms with van der Waals surface area (Å²) >= 11 is 0. The lowest BCUT2D eigenvalue weighted by Crippen LogP contribution is -2.47. The number of nitrogens with one attached hydrogen (secondary N) is 2. The van der Waals surface area contributed by atoms with Crippen molar-refractivity contribution in [2.75, 3.05) is 19.6 Å². The van der Waals surface area contributed by atoms with Crippen molar-refractivity contribution >= 4 is 0 Å². The van der Waals surface area contributed by atoms with Gasteiger partial charge in [-0.25, -0.2) is 0 Å². The van der Waals surface area contributed by atoms with E-state index in [0.717, 1.165) is 19.6 Å². The Kier molecular flexibility index (Phi) is 3.98. The van der Waals surface area contributed by atoms with Crippen molar-refractivity contribution in [3.8, 4) is 0 Å². The number of aliphatic hydroxyl groups is 1. The second-order valence-corrected chi connectivity index (χ2v) is 3.83. The Hall–Kier alpha value is -0.120. The largest absolute Gasteiger partial charge is 0.392 e. The SMILES string of the molecule is CC(O)CNC1CCNCC1C. The summed E-state index contributed by atoms with van der Waals surface area (Å²) in [5, 5.41) is 15.8. The van der Waals surface area contributed by atoms with E-state index < -0.39 is 0 Å². The van der Waals surface area contributed by atoms with Gasteiger partial charge in [0.1, 0.15) is 0 Å². The minimum atomic E-state index is -0.230.